The number of nitrogens with zero attached hydrogens (tertiary/aromatic N) is 2. The molecule has 1 aromatic carbocycles. The van der Waals surface area contributed by atoms with E-state index in [0.717, 1.165) is 16.5 Å². The van der Waals surface area contributed by atoms with Crippen LogP contribution in [0, 0.1) is 0 Å². The zero-order valence-electron chi connectivity index (χ0n) is 10.6. The fourth-order valence-corrected chi connectivity index (χ4v) is 2.52. The van der Waals surface area contributed by atoms with Crippen LogP contribution >= 0.6 is 11.3 Å². The van der Waals surface area contributed by atoms with E-state index in [2.05, 4.69) is 9.97 Å². The zero-order chi connectivity index (χ0) is 13.9. The van der Waals surface area contributed by atoms with Gasteiger partial charge in [-0.05, 0) is 29.6 Å². The van der Waals surface area contributed by atoms with Gasteiger partial charge < -0.3 is 9.47 Å². The summed E-state index contributed by atoms with van der Waals surface area (Å²) in [5.41, 5.74) is 0.526. The van der Waals surface area contributed by atoms with Crippen LogP contribution in [0.1, 0.15) is 10.4 Å². The molecule has 0 aliphatic carbocycles. The molecule has 3 rings (SSSR count). The fraction of sp³-hybridized carbons (Fsp3) is 0.0714. The van der Waals surface area contributed by atoms with E-state index in [4.69, 9.17) is 9.47 Å². The van der Waals surface area contributed by atoms with E-state index in [1.54, 1.807) is 18.2 Å². The van der Waals surface area contributed by atoms with E-state index in [1.165, 1.54) is 24.8 Å². The summed E-state index contributed by atoms with van der Waals surface area (Å²) in [6.07, 6.45) is 2.22. The molecule has 5 nitrogen and oxygen atoms in total. The molecule has 0 spiro atoms. The summed E-state index contributed by atoms with van der Waals surface area (Å²) in [4.78, 5) is 19.9. The Kier molecular flexibility index (Phi) is 3.30. The lowest BCUT2D eigenvalue weighted by molar-refractivity contribution is 0.112. The highest BCUT2D eigenvalue weighted by Crippen LogP contribution is 2.34. The van der Waals surface area contributed by atoms with Gasteiger partial charge in [-0.25, -0.2) is 9.97 Å². The van der Waals surface area contributed by atoms with Crippen molar-refractivity contribution in [3.05, 3.63) is 41.5 Å². The van der Waals surface area contributed by atoms with Gasteiger partial charge in [-0.1, -0.05) is 0 Å². The summed E-state index contributed by atoms with van der Waals surface area (Å²) >= 11 is 1.52. The second-order valence-corrected chi connectivity index (χ2v) is 4.84. The Labute approximate surface area is 118 Å². The number of hydrogen-bond donors (Lipinski definition) is 0. The number of benzene rings is 1. The van der Waals surface area contributed by atoms with E-state index in [1.807, 2.05) is 11.4 Å². The van der Waals surface area contributed by atoms with Crippen molar-refractivity contribution in [3.8, 4) is 17.4 Å². The number of rotatable bonds is 4. The molecule has 0 bridgehead atoms. The second-order valence-electron chi connectivity index (χ2n) is 3.95. The molecule has 100 valence electrons. The molecule has 2 heterocycles. The first kappa shape index (κ1) is 12.6. The number of carbonyl (C=O) groups is 1. The van der Waals surface area contributed by atoms with Crippen molar-refractivity contribution in [2.45, 2.75) is 0 Å². The maximum Gasteiger partial charge on any atom is 0.231 e. The minimum atomic E-state index is 0.466. The van der Waals surface area contributed by atoms with E-state index >= 15 is 0 Å². The van der Waals surface area contributed by atoms with Crippen LogP contribution < -0.4 is 9.47 Å². The van der Waals surface area contributed by atoms with Crippen molar-refractivity contribution in [1.29, 1.82) is 0 Å². The Morgan fingerprint density at radius 3 is 2.90 bits per heavy atom. The molecule has 3 aromatic rings. The molecule has 2 aromatic heterocycles. The predicted molar refractivity (Wildman–Crippen MR) is 75.9 cm³/mol. The van der Waals surface area contributed by atoms with Gasteiger partial charge in [-0.3, -0.25) is 4.79 Å². The van der Waals surface area contributed by atoms with Crippen molar-refractivity contribution in [2.75, 3.05) is 7.11 Å². The van der Waals surface area contributed by atoms with E-state index in [9.17, 15) is 4.79 Å². The maximum atomic E-state index is 10.8. The van der Waals surface area contributed by atoms with E-state index < -0.39 is 0 Å². The summed E-state index contributed by atoms with van der Waals surface area (Å²) in [6.45, 7) is 0. The first-order chi connectivity index (χ1) is 9.81. The Morgan fingerprint density at radius 2 is 2.10 bits per heavy atom. The van der Waals surface area contributed by atoms with Gasteiger partial charge in [0, 0.05) is 5.56 Å². The Hall–Kier alpha value is -2.47. The lowest BCUT2D eigenvalue weighted by Crippen LogP contribution is -1.94. The third kappa shape index (κ3) is 2.21. The predicted octanol–water partition coefficient (Wildman–Crippen LogP) is 3.30. The Balaban J connectivity index is 2.02. The van der Waals surface area contributed by atoms with Gasteiger partial charge in [-0.15, -0.1) is 11.3 Å². The SMILES string of the molecule is COc1cc(C=O)ccc1Oc1ncnc2sccc12. The van der Waals surface area contributed by atoms with Crippen molar-refractivity contribution in [1.82, 2.24) is 9.97 Å². The fourth-order valence-electron chi connectivity index (χ4n) is 1.79. The molecular weight excluding hydrogens is 276 g/mol. The number of fused-ring (bicyclic) bond motifs is 1. The standard InChI is InChI=1S/C14H10N2O3S/c1-18-12-6-9(7-17)2-3-11(12)19-13-10-4-5-20-14(10)16-8-15-13/h2-8H,1H3. The molecule has 0 atom stereocenters. The second kappa shape index (κ2) is 5.26. The summed E-state index contributed by atoms with van der Waals surface area (Å²) in [5.74, 6) is 1.45. The molecule has 0 fully saturated rings. The quantitative estimate of drug-likeness (QED) is 0.689. The lowest BCUT2D eigenvalue weighted by atomic mass is 10.2. The Morgan fingerprint density at radius 1 is 1.20 bits per heavy atom. The lowest BCUT2D eigenvalue weighted by Gasteiger charge is -2.10. The Bertz CT molecular complexity index is 770. The van der Waals surface area contributed by atoms with Gasteiger partial charge in [0.25, 0.3) is 0 Å². The van der Waals surface area contributed by atoms with Crippen LogP contribution in [0.2, 0.25) is 0 Å². The summed E-state index contributed by atoms with van der Waals surface area (Å²) < 4.78 is 11.0. The minimum absolute atomic E-state index is 0.466. The van der Waals surface area contributed by atoms with Crippen LogP contribution in [0.5, 0.6) is 17.4 Å². The molecule has 20 heavy (non-hydrogen) atoms. The molecule has 0 aliphatic rings. The van der Waals surface area contributed by atoms with Gasteiger partial charge in [0.2, 0.25) is 5.88 Å². The molecule has 0 saturated heterocycles. The van der Waals surface area contributed by atoms with Crippen LogP contribution in [0.3, 0.4) is 0 Å². The average Bonchev–Trinajstić information content (AvgIpc) is 2.97. The number of ether oxygens (including phenoxy) is 2. The molecule has 0 unspecified atom stereocenters. The van der Waals surface area contributed by atoms with Crippen molar-refractivity contribution in [2.24, 2.45) is 0 Å². The van der Waals surface area contributed by atoms with Crippen LogP contribution in [0.25, 0.3) is 10.2 Å². The number of hydrogen-bond acceptors (Lipinski definition) is 6. The molecule has 0 aliphatic heterocycles. The zero-order valence-corrected chi connectivity index (χ0v) is 11.4. The number of methoxy groups -OCH3 is 1. The highest BCUT2D eigenvalue weighted by molar-refractivity contribution is 7.16. The normalized spacial score (nSPS) is 10.4. The summed E-state index contributed by atoms with van der Waals surface area (Å²) in [7, 11) is 1.52. The van der Waals surface area contributed by atoms with Crippen molar-refractivity contribution < 1.29 is 14.3 Å². The first-order valence-electron chi connectivity index (χ1n) is 5.81. The maximum absolute atomic E-state index is 10.8. The van der Waals surface area contributed by atoms with Gasteiger partial charge >= 0.3 is 0 Å². The summed E-state index contributed by atoms with van der Waals surface area (Å²) in [5, 5.41) is 2.78. The molecule has 0 N–H and O–H groups in total. The van der Waals surface area contributed by atoms with Gasteiger partial charge in [0.05, 0.1) is 12.5 Å². The molecule has 0 saturated carbocycles. The monoisotopic (exact) mass is 286 g/mol. The number of aromatic nitrogens is 2. The van der Waals surface area contributed by atoms with Crippen LogP contribution in [0.4, 0.5) is 0 Å². The number of thiophene rings is 1. The van der Waals surface area contributed by atoms with Crippen LogP contribution in [0.15, 0.2) is 36.0 Å². The average molecular weight is 286 g/mol. The molecule has 0 radical (unpaired) electrons. The van der Waals surface area contributed by atoms with Crippen molar-refractivity contribution in [3.63, 3.8) is 0 Å². The van der Waals surface area contributed by atoms with Crippen LogP contribution in [-0.4, -0.2) is 23.4 Å². The van der Waals surface area contributed by atoms with Gasteiger partial charge in [-0.2, -0.15) is 0 Å². The van der Waals surface area contributed by atoms with Crippen LogP contribution in [-0.2, 0) is 0 Å². The highest BCUT2D eigenvalue weighted by atomic mass is 32.1. The van der Waals surface area contributed by atoms with Crippen molar-refractivity contribution >= 4 is 27.8 Å². The highest BCUT2D eigenvalue weighted by Gasteiger charge is 2.11. The summed E-state index contributed by atoms with van der Waals surface area (Å²) in [6, 6.07) is 6.87. The third-order valence-electron chi connectivity index (χ3n) is 2.76. The van der Waals surface area contributed by atoms with Gasteiger partial charge in [0.1, 0.15) is 17.4 Å². The third-order valence-corrected chi connectivity index (χ3v) is 3.58. The number of carbonyl (C=O) groups excluding carboxylic acids is 1. The largest absolute Gasteiger partial charge is 0.493 e. The minimum Gasteiger partial charge on any atom is -0.493 e. The number of aldehydes is 1. The molecular formula is C14H10N2O3S. The topological polar surface area (TPSA) is 61.3 Å². The van der Waals surface area contributed by atoms with Gasteiger partial charge in [0.15, 0.2) is 11.5 Å². The first-order valence-corrected chi connectivity index (χ1v) is 6.69. The van der Waals surface area contributed by atoms with E-state index in [-0.39, 0.29) is 0 Å². The smallest absolute Gasteiger partial charge is 0.231 e. The van der Waals surface area contributed by atoms with E-state index in [0.29, 0.717) is 22.9 Å². The molecule has 6 heteroatoms. The molecule has 0 amide bonds.